The maximum Gasteiger partial charge on any atom is 0.181 e. The molecule has 1 aliphatic rings. The molecule has 1 aromatic carbocycles. The first kappa shape index (κ1) is 12.8. The summed E-state index contributed by atoms with van der Waals surface area (Å²) in [6, 6.07) is 11.9. The molecule has 3 heterocycles. The molecule has 4 rings (SSSR count). The number of anilines is 1. The minimum atomic E-state index is 0.644. The van der Waals surface area contributed by atoms with Gasteiger partial charge < -0.3 is 4.90 Å². The molecule has 22 heavy (non-hydrogen) atoms. The SMILES string of the molecule is C1=NCN(CCc2nc(-c3ccccc3)n[nH]2)c2ccnn21. The van der Waals surface area contributed by atoms with Crippen molar-refractivity contribution in [1.82, 2.24) is 25.0 Å². The predicted molar refractivity (Wildman–Crippen MR) is 83.9 cm³/mol. The molecule has 1 aliphatic heterocycles. The van der Waals surface area contributed by atoms with Crippen LogP contribution in [0.25, 0.3) is 11.4 Å². The third kappa shape index (κ3) is 2.37. The molecular weight excluding hydrogens is 278 g/mol. The van der Waals surface area contributed by atoms with E-state index in [-0.39, 0.29) is 0 Å². The molecule has 110 valence electrons. The first-order valence-corrected chi connectivity index (χ1v) is 7.15. The predicted octanol–water partition coefficient (Wildman–Crippen LogP) is 1.56. The van der Waals surface area contributed by atoms with Gasteiger partial charge >= 0.3 is 0 Å². The molecule has 0 aliphatic carbocycles. The van der Waals surface area contributed by atoms with E-state index in [0.717, 1.165) is 36.0 Å². The average molecular weight is 293 g/mol. The Morgan fingerprint density at radius 3 is 2.95 bits per heavy atom. The molecule has 0 spiro atoms. The molecule has 7 heteroatoms. The van der Waals surface area contributed by atoms with Crippen LogP contribution in [0.5, 0.6) is 0 Å². The highest BCUT2D eigenvalue weighted by Gasteiger charge is 2.15. The minimum absolute atomic E-state index is 0.644. The summed E-state index contributed by atoms with van der Waals surface area (Å²) in [7, 11) is 0. The van der Waals surface area contributed by atoms with Gasteiger partial charge in [-0.15, -0.1) is 0 Å². The van der Waals surface area contributed by atoms with Crippen molar-refractivity contribution in [1.29, 1.82) is 0 Å². The molecule has 0 amide bonds. The van der Waals surface area contributed by atoms with Crippen LogP contribution in [-0.4, -0.2) is 44.5 Å². The highest BCUT2D eigenvalue weighted by molar-refractivity contribution is 5.66. The molecule has 1 N–H and O–H groups in total. The summed E-state index contributed by atoms with van der Waals surface area (Å²) in [6.45, 7) is 1.46. The topological polar surface area (TPSA) is 75.0 Å². The van der Waals surface area contributed by atoms with Gasteiger partial charge in [0.1, 0.15) is 24.6 Å². The zero-order chi connectivity index (χ0) is 14.8. The lowest BCUT2D eigenvalue weighted by Gasteiger charge is -2.24. The summed E-state index contributed by atoms with van der Waals surface area (Å²) in [6.07, 6.45) is 4.30. The molecule has 0 radical (unpaired) electrons. The lowest BCUT2D eigenvalue weighted by molar-refractivity contribution is 0.721. The van der Waals surface area contributed by atoms with Gasteiger partial charge in [-0.2, -0.15) is 10.2 Å². The highest BCUT2D eigenvalue weighted by Crippen LogP contribution is 2.16. The van der Waals surface area contributed by atoms with Crippen LogP contribution in [0, 0.1) is 0 Å². The summed E-state index contributed by atoms with van der Waals surface area (Å²) in [5, 5.41) is 11.5. The van der Waals surface area contributed by atoms with Crippen molar-refractivity contribution in [2.75, 3.05) is 18.1 Å². The van der Waals surface area contributed by atoms with Gasteiger partial charge in [0, 0.05) is 24.6 Å². The Morgan fingerprint density at radius 2 is 2.05 bits per heavy atom. The molecule has 3 aromatic rings. The summed E-state index contributed by atoms with van der Waals surface area (Å²) in [4.78, 5) is 11.0. The summed E-state index contributed by atoms with van der Waals surface area (Å²) in [5.74, 6) is 2.66. The van der Waals surface area contributed by atoms with Gasteiger partial charge in [-0.1, -0.05) is 30.3 Å². The lowest BCUT2D eigenvalue weighted by Crippen LogP contribution is -2.31. The Hall–Kier alpha value is -2.96. The van der Waals surface area contributed by atoms with Gasteiger partial charge in [0.2, 0.25) is 0 Å². The van der Waals surface area contributed by atoms with Crippen molar-refractivity contribution >= 4 is 12.2 Å². The Bertz CT molecular complexity index is 787. The van der Waals surface area contributed by atoms with Crippen molar-refractivity contribution in [3.05, 3.63) is 48.4 Å². The smallest absolute Gasteiger partial charge is 0.181 e. The molecule has 0 unspecified atom stereocenters. The van der Waals surface area contributed by atoms with Gasteiger partial charge in [0.15, 0.2) is 5.82 Å². The number of aromatic amines is 1. The molecule has 0 saturated heterocycles. The number of H-pyrrole nitrogens is 1. The Morgan fingerprint density at radius 1 is 1.14 bits per heavy atom. The molecule has 2 aromatic heterocycles. The van der Waals surface area contributed by atoms with Crippen LogP contribution in [0.1, 0.15) is 5.82 Å². The Kier molecular flexibility index (Phi) is 3.15. The average Bonchev–Trinajstić information content (AvgIpc) is 3.23. The van der Waals surface area contributed by atoms with Gasteiger partial charge in [-0.25, -0.2) is 9.67 Å². The molecule has 0 fully saturated rings. The number of benzene rings is 1. The van der Waals surface area contributed by atoms with Crippen LogP contribution >= 0.6 is 0 Å². The standard InChI is InChI=1S/C15H15N7/c1-2-4-12(5-3-1)15-18-13(19-20-15)7-9-21-10-16-11-22-14(21)6-8-17-22/h1-6,8,11H,7,9-10H2,(H,18,19,20). The number of aromatic nitrogens is 5. The fourth-order valence-electron chi connectivity index (χ4n) is 2.48. The zero-order valence-corrected chi connectivity index (χ0v) is 11.9. The van der Waals surface area contributed by atoms with Crippen LogP contribution in [0.15, 0.2) is 47.6 Å². The summed E-state index contributed by atoms with van der Waals surface area (Å²) >= 11 is 0. The normalized spacial score (nSPS) is 13.4. The maximum absolute atomic E-state index is 4.55. The van der Waals surface area contributed by atoms with E-state index in [1.807, 2.05) is 36.4 Å². The Balaban J connectivity index is 1.45. The van der Waals surface area contributed by atoms with Gasteiger partial charge in [0.05, 0.1) is 6.20 Å². The second-order valence-corrected chi connectivity index (χ2v) is 5.06. The van der Waals surface area contributed by atoms with Crippen molar-refractivity contribution in [2.45, 2.75) is 6.42 Å². The number of fused-ring (bicyclic) bond motifs is 1. The fraction of sp³-hybridized carbons (Fsp3) is 0.200. The Labute approximate surface area is 127 Å². The minimum Gasteiger partial charge on any atom is -0.336 e. The van der Waals surface area contributed by atoms with Gasteiger partial charge in [0.25, 0.3) is 0 Å². The third-order valence-corrected chi connectivity index (χ3v) is 3.60. The van der Waals surface area contributed by atoms with Crippen LogP contribution in [0.3, 0.4) is 0 Å². The molecule has 0 atom stereocenters. The van der Waals surface area contributed by atoms with Crippen LogP contribution in [0.4, 0.5) is 5.82 Å². The summed E-state index contributed by atoms with van der Waals surface area (Å²) in [5.41, 5.74) is 1.02. The number of aliphatic imine (C=N–C) groups is 1. The molecule has 7 nitrogen and oxygen atoms in total. The molecule has 0 bridgehead atoms. The maximum atomic E-state index is 4.55. The zero-order valence-electron chi connectivity index (χ0n) is 11.9. The van der Waals surface area contributed by atoms with Crippen molar-refractivity contribution in [3.8, 4) is 11.4 Å². The highest BCUT2D eigenvalue weighted by atomic mass is 15.4. The second kappa shape index (κ2) is 5.44. The van der Waals surface area contributed by atoms with Crippen LogP contribution in [-0.2, 0) is 6.42 Å². The fourth-order valence-corrected chi connectivity index (χ4v) is 2.48. The van der Waals surface area contributed by atoms with E-state index in [4.69, 9.17) is 0 Å². The van der Waals surface area contributed by atoms with Crippen LogP contribution in [0.2, 0.25) is 0 Å². The first-order chi connectivity index (χ1) is 10.9. The number of hydrogen-bond donors (Lipinski definition) is 1. The van der Waals surface area contributed by atoms with Gasteiger partial charge in [-0.05, 0) is 0 Å². The van der Waals surface area contributed by atoms with E-state index in [0.29, 0.717) is 6.67 Å². The quantitative estimate of drug-likeness (QED) is 0.792. The number of hydrogen-bond acceptors (Lipinski definition) is 5. The number of rotatable bonds is 4. The third-order valence-electron chi connectivity index (χ3n) is 3.60. The summed E-state index contributed by atoms with van der Waals surface area (Å²) < 4.78 is 1.78. The lowest BCUT2D eigenvalue weighted by atomic mass is 10.2. The van der Waals surface area contributed by atoms with E-state index in [1.165, 1.54) is 0 Å². The van der Waals surface area contributed by atoms with E-state index in [2.05, 4.69) is 30.2 Å². The van der Waals surface area contributed by atoms with E-state index < -0.39 is 0 Å². The monoisotopic (exact) mass is 293 g/mol. The van der Waals surface area contributed by atoms with Crippen molar-refractivity contribution < 1.29 is 0 Å². The van der Waals surface area contributed by atoms with Crippen molar-refractivity contribution in [2.24, 2.45) is 4.99 Å². The first-order valence-electron chi connectivity index (χ1n) is 7.15. The van der Waals surface area contributed by atoms with E-state index in [1.54, 1.807) is 17.2 Å². The second-order valence-electron chi connectivity index (χ2n) is 5.06. The van der Waals surface area contributed by atoms with E-state index in [9.17, 15) is 0 Å². The molecule has 0 saturated carbocycles. The van der Waals surface area contributed by atoms with E-state index >= 15 is 0 Å². The number of nitrogens with zero attached hydrogens (tertiary/aromatic N) is 6. The van der Waals surface area contributed by atoms with Crippen molar-refractivity contribution in [3.63, 3.8) is 0 Å². The van der Waals surface area contributed by atoms with Gasteiger partial charge in [-0.3, -0.25) is 10.1 Å². The number of nitrogens with one attached hydrogen (secondary N) is 1. The largest absolute Gasteiger partial charge is 0.336 e. The molecular formula is C15H15N7. The van der Waals surface area contributed by atoms with Crippen LogP contribution < -0.4 is 4.90 Å².